The molecule has 1 saturated heterocycles. The first kappa shape index (κ1) is 19.7. The van der Waals surface area contributed by atoms with Gasteiger partial charge in [-0.05, 0) is 12.5 Å². The van der Waals surface area contributed by atoms with Crippen LogP contribution in [0.5, 0.6) is 0 Å². The minimum atomic E-state index is -4.52. The van der Waals surface area contributed by atoms with Crippen molar-refractivity contribution in [2.75, 3.05) is 20.1 Å². The molecule has 10 heteroatoms. The Labute approximate surface area is 147 Å². The molecule has 26 heavy (non-hydrogen) atoms. The second kappa shape index (κ2) is 7.30. The average molecular weight is 373 g/mol. The number of hydrogen-bond donors (Lipinski definition) is 0. The van der Waals surface area contributed by atoms with Gasteiger partial charge in [-0.15, -0.1) is 0 Å². The average Bonchev–Trinajstić information content (AvgIpc) is 2.91. The van der Waals surface area contributed by atoms with Gasteiger partial charge in [0.2, 0.25) is 11.8 Å². The first-order valence-electron chi connectivity index (χ1n) is 7.85. The van der Waals surface area contributed by atoms with Crippen LogP contribution in [0.4, 0.5) is 18.9 Å². The molecule has 1 aromatic carbocycles. The van der Waals surface area contributed by atoms with Crippen LogP contribution in [0, 0.1) is 16.0 Å². The molecule has 0 radical (unpaired) electrons. The molecule has 0 unspecified atom stereocenters. The largest absolute Gasteiger partial charge is 0.406 e. The zero-order chi connectivity index (χ0) is 19.6. The van der Waals surface area contributed by atoms with E-state index in [1.54, 1.807) is 13.0 Å². The Kier molecular flexibility index (Phi) is 5.53. The van der Waals surface area contributed by atoms with Gasteiger partial charge in [-0.25, -0.2) is 0 Å². The predicted molar refractivity (Wildman–Crippen MR) is 85.0 cm³/mol. The van der Waals surface area contributed by atoms with E-state index in [-0.39, 0.29) is 18.7 Å². The Morgan fingerprint density at radius 3 is 2.69 bits per heavy atom. The van der Waals surface area contributed by atoms with Crippen LogP contribution >= 0.6 is 0 Å². The maximum Gasteiger partial charge on any atom is 0.406 e. The van der Waals surface area contributed by atoms with E-state index in [2.05, 4.69) is 0 Å². The summed E-state index contributed by atoms with van der Waals surface area (Å²) in [5, 5.41) is 10.9. The fraction of sp³-hybridized carbons (Fsp3) is 0.500. The number of non-ortho nitro benzene ring substituents is 1. The molecule has 1 fully saturated rings. The smallest absolute Gasteiger partial charge is 0.339 e. The van der Waals surface area contributed by atoms with Crippen molar-refractivity contribution in [3.8, 4) is 0 Å². The molecule has 2 rings (SSSR count). The van der Waals surface area contributed by atoms with E-state index in [1.807, 2.05) is 0 Å². The number of likely N-dealkylation sites (tertiary alicyclic amines) is 1. The molecule has 142 valence electrons. The highest BCUT2D eigenvalue weighted by Gasteiger charge is 2.41. The van der Waals surface area contributed by atoms with Gasteiger partial charge >= 0.3 is 6.18 Å². The van der Waals surface area contributed by atoms with Crippen molar-refractivity contribution in [1.82, 2.24) is 9.80 Å². The number of nitrogens with zero attached hydrogens (tertiary/aromatic N) is 3. The van der Waals surface area contributed by atoms with Crippen LogP contribution in [0.25, 0.3) is 0 Å². The van der Waals surface area contributed by atoms with Crippen LogP contribution in [0.3, 0.4) is 0 Å². The minimum absolute atomic E-state index is 0.123. The number of benzene rings is 1. The topological polar surface area (TPSA) is 83.8 Å². The van der Waals surface area contributed by atoms with Crippen LogP contribution in [0.2, 0.25) is 0 Å². The summed E-state index contributed by atoms with van der Waals surface area (Å²) in [5.74, 6) is -2.05. The van der Waals surface area contributed by atoms with Crippen LogP contribution in [-0.4, -0.2) is 52.9 Å². The second-order valence-corrected chi connectivity index (χ2v) is 6.27. The minimum Gasteiger partial charge on any atom is -0.339 e. The lowest BCUT2D eigenvalue weighted by Crippen LogP contribution is -2.38. The zero-order valence-electron chi connectivity index (χ0n) is 14.2. The van der Waals surface area contributed by atoms with E-state index in [9.17, 15) is 32.9 Å². The van der Waals surface area contributed by atoms with E-state index in [4.69, 9.17) is 0 Å². The highest BCUT2D eigenvalue weighted by atomic mass is 19.4. The normalized spacial score (nSPS) is 18.7. The molecule has 1 aliphatic heterocycles. The number of nitro benzene ring substituents is 1. The van der Waals surface area contributed by atoms with Gasteiger partial charge in [-0.1, -0.05) is 12.1 Å². The fourth-order valence-electron chi connectivity index (χ4n) is 2.91. The lowest BCUT2D eigenvalue weighted by molar-refractivity contribution is -0.384. The maximum absolute atomic E-state index is 12.6. The van der Waals surface area contributed by atoms with E-state index in [1.165, 1.54) is 30.1 Å². The van der Waals surface area contributed by atoms with Crippen LogP contribution in [0.1, 0.15) is 24.9 Å². The number of hydrogen-bond acceptors (Lipinski definition) is 4. The molecular weight excluding hydrogens is 355 g/mol. The number of alkyl halides is 3. The Morgan fingerprint density at radius 2 is 2.12 bits per heavy atom. The SMILES string of the molecule is C[C@@H](c1cccc([N+](=O)[O-])c1)N(C)C(=O)[C@@H]1CC(=O)N(CC(F)(F)F)C1. The fourth-order valence-corrected chi connectivity index (χ4v) is 2.91. The third kappa shape index (κ3) is 4.50. The second-order valence-electron chi connectivity index (χ2n) is 6.27. The third-order valence-corrected chi connectivity index (χ3v) is 4.43. The summed E-state index contributed by atoms with van der Waals surface area (Å²) in [6.45, 7) is -0.00977. The van der Waals surface area contributed by atoms with Crippen molar-refractivity contribution in [3.05, 3.63) is 39.9 Å². The lowest BCUT2D eigenvalue weighted by Gasteiger charge is -2.28. The van der Waals surface area contributed by atoms with Crippen molar-refractivity contribution in [2.45, 2.75) is 25.6 Å². The zero-order valence-corrected chi connectivity index (χ0v) is 14.2. The number of carbonyl (C=O) groups excluding carboxylic acids is 2. The van der Waals surface area contributed by atoms with Gasteiger partial charge in [-0.3, -0.25) is 19.7 Å². The molecule has 2 atom stereocenters. The van der Waals surface area contributed by atoms with Gasteiger partial charge < -0.3 is 9.80 Å². The molecule has 0 aliphatic carbocycles. The molecule has 1 aliphatic rings. The monoisotopic (exact) mass is 373 g/mol. The molecular formula is C16H18F3N3O4. The molecule has 0 N–H and O–H groups in total. The maximum atomic E-state index is 12.6. The Morgan fingerprint density at radius 1 is 1.46 bits per heavy atom. The molecule has 7 nitrogen and oxygen atoms in total. The van der Waals surface area contributed by atoms with Gasteiger partial charge in [0.05, 0.1) is 16.9 Å². The van der Waals surface area contributed by atoms with Crippen molar-refractivity contribution in [2.24, 2.45) is 5.92 Å². The van der Waals surface area contributed by atoms with Crippen LogP contribution < -0.4 is 0 Å². The predicted octanol–water partition coefficient (Wildman–Crippen LogP) is 2.53. The lowest BCUT2D eigenvalue weighted by atomic mass is 10.0. The van der Waals surface area contributed by atoms with Gasteiger partial charge in [0.25, 0.3) is 5.69 Å². The number of rotatable bonds is 5. The van der Waals surface area contributed by atoms with Gasteiger partial charge in [-0.2, -0.15) is 13.2 Å². The van der Waals surface area contributed by atoms with Gasteiger partial charge in [0.1, 0.15) is 6.54 Å². The van der Waals surface area contributed by atoms with Crippen molar-refractivity contribution in [1.29, 1.82) is 0 Å². The number of carbonyl (C=O) groups is 2. The summed E-state index contributed by atoms with van der Waals surface area (Å²) in [6.07, 6.45) is -4.79. The van der Waals surface area contributed by atoms with Crippen LogP contribution in [0.15, 0.2) is 24.3 Å². The van der Waals surface area contributed by atoms with Gasteiger partial charge in [0, 0.05) is 32.1 Å². The van der Waals surface area contributed by atoms with Crippen molar-refractivity contribution in [3.63, 3.8) is 0 Å². The Bertz CT molecular complexity index is 723. The van der Waals surface area contributed by atoms with Crippen LogP contribution in [-0.2, 0) is 9.59 Å². The van der Waals surface area contributed by atoms with Crippen molar-refractivity contribution >= 4 is 17.5 Å². The third-order valence-electron chi connectivity index (χ3n) is 4.43. The van der Waals surface area contributed by atoms with Crippen molar-refractivity contribution < 1.29 is 27.7 Å². The van der Waals surface area contributed by atoms with E-state index >= 15 is 0 Å². The number of halogens is 3. The Balaban J connectivity index is 2.08. The number of amides is 2. The molecule has 0 bridgehead atoms. The Hall–Kier alpha value is -2.65. The molecule has 1 aromatic rings. The highest BCUT2D eigenvalue weighted by Crippen LogP contribution is 2.28. The molecule has 0 saturated carbocycles. The summed E-state index contributed by atoms with van der Waals surface area (Å²) in [5.41, 5.74) is 0.397. The molecule has 1 heterocycles. The first-order chi connectivity index (χ1) is 12.0. The molecule has 0 aromatic heterocycles. The van der Waals surface area contributed by atoms with E-state index < -0.39 is 41.4 Å². The van der Waals surface area contributed by atoms with E-state index in [0.29, 0.717) is 10.5 Å². The molecule has 0 spiro atoms. The highest BCUT2D eigenvalue weighted by molar-refractivity contribution is 5.89. The first-order valence-corrected chi connectivity index (χ1v) is 7.85. The molecule has 2 amide bonds. The summed E-state index contributed by atoms with van der Waals surface area (Å²) < 4.78 is 37.4. The number of nitro groups is 1. The standard InChI is InChI=1S/C16H18F3N3O4/c1-10(11-4-3-5-13(6-11)22(25)26)20(2)15(24)12-7-14(23)21(8-12)9-16(17,18)19/h3-6,10,12H,7-9H2,1-2H3/t10-,12+/m0/s1. The summed E-state index contributed by atoms with van der Waals surface area (Å²) in [7, 11) is 1.46. The summed E-state index contributed by atoms with van der Waals surface area (Å²) in [6, 6.07) is 5.24. The van der Waals surface area contributed by atoms with E-state index in [0.717, 1.165) is 0 Å². The quantitative estimate of drug-likeness (QED) is 0.586. The van der Waals surface area contributed by atoms with Gasteiger partial charge in [0.15, 0.2) is 0 Å². The summed E-state index contributed by atoms with van der Waals surface area (Å²) in [4.78, 5) is 36.5. The summed E-state index contributed by atoms with van der Waals surface area (Å²) >= 11 is 0.